The van der Waals surface area contributed by atoms with Gasteiger partial charge in [0.05, 0.1) is 10.4 Å². The van der Waals surface area contributed by atoms with Gasteiger partial charge in [0.25, 0.3) is 5.91 Å². The molecule has 0 fully saturated rings. The van der Waals surface area contributed by atoms with E-state index in [0.717, 1.165) is 23.1 Å². The van der Waals surface area contributed by atoms with Crippen LogP contribution in [0.3, 0.4) is 0 Å². The fourth-order valence-electron chi connectivity index (χ4n) is 1.85. The van der Waals surface area contributed by atoms with E-state index in [1.807, 2.05) is 18.2 Å². The van der Waals surface area contributed by atoms with Gasteiger partial charge in [0.2, 0.25) is 0 Å². The van der Waals surface area contributed by atoms with Gasteiger partial charge in [-0.25, -0.2) is 0 Å². The van der Waals surface area contributed by atoms with Gasteiger partial charge in [0, 0.05) is 19.8 Å². The van der Waals surface area contributed by atoms with E-state index >= 15 is 0 Å². The molecule has 2 aromatic rings. The number of nitrogen functional groups attached to an aromatic ring is 1. The molecule has 0 radical (unpaired) electrons. The van der Waals surface area contributed by atoms with Crippen LogP contribution in [0.15, 0.2) is 31.0 Å². The summed E-state index contributed by atoms with van der Waals surface area (Å²) in [5, 5.41) is 0. The lowest BCUT2D eigenvalue weighted by Gasteiger charge is -2.15. The molecule has 19 heavy (non-hydrogen) atoms. The molecule has 1 amide bonds. The summed E-state index contributed by atoms with van der Waals surface area (Å²) < 4.78 is 0.947. The monoisotopic (exact) mass is 275 g/mol. The highest BCUT2D eigenvalue weighted by Crippen LogP contribution is 2.32. The summed E-state index contributed by atoms with van der Waals surface area (Å²) in [4.78, 5) is 18.8. The topological polar surface area (TPSA) is 59.2 Å². The van der Waals surface area contributed by atoms with Crippen LogP contribution >= 0.6 is 11.3 Å². The van der Waals surface area contributed by atoms with Crippen molar-refractivity contribution in [3.8, 4) is 0 Å². The van der Waals surface area contributed by atoms with Gasteiger partial charge in [-0.05, 0) is 25.0 Å². The molecular weight excluding hydrogens is 258 g/mol. The number of unbranched alkanes of at least 4 members (excludes halogenated alkanes) is 1. The molecule has 0 unspecified atom stereocenters. The van der Waals surface area contributed by atoms with Crippen LogP contribution in [0, 0.1) is 0 Å². The average Bonchev–Trinajstić information content (AvgIpc) is 2.76. The second kappa shape index (κ2) is 5.84. The van der Waals surface area contributed by atoms with Gasteiger partial charge in [0.15, 0.2) is 0 Å². The maximum atomic E-state index is 12.3. The molecule has 2 aromatic heterocycles. The zero-order valence-corrected chi connectivity index (χ0v) is 11.7. The number of thiophene rings is 1. The zero-order chi connectivity index (χ0) is 13.8. The van der Waals surface area contributed by atoms with E-state index in [1.165, 1.54) is 11.3 Å². The third kappa shape index (κ3) is 2.76. The summed E-state index contributed by atoms with van der Waals surface area (Å²) >= 11 is 1.40. The molecule has 4 nitrogen and oxygen atoms in total. The molecule has 0 aliphatic carbocycles. The third-order valence-corrected chi connectivity index (χ3v) is 4.07. The molecule has 0 atom stereocenters. The fraction of sp³-hybridized carbons (Fsp3) is 0.286. The molecule has 2 N–H and O–H groups in total. The largest absolute Gasteiger partial charge is 0.396 e. The summed E-state index contributed by atoms with van der Waals surface area (Å²) in [5.74, 6) is -0.0374. The molecule has 2 heterocycles. The highest BCUT2D eigenvalue weighted by Gasteiger charge is 2.19. The molecule has 0 saturated heterocycles. The minimum atomic E-state index is -0.0374. The van der Waals surface area contributed by atoms with Gasteiger partial charge in [-0.15, -0.1) is 17.9 Å². The standard InChI is InChI=1S/C14H17N3OS/c1-3-4-5-9-17(2)14(18)13-11(15)12-10(19-13)7-6-8-16-12/h3,6-8H,1,4-5,9,15H2,2H3. The summed E-state index contributed by atoms with van der Waals surface area (Å²) in [5.41, 5.74) is 7.22. The Balaban J connectivity index is 2.21. The molecule has 100 valence electrons. The number of fused-ring (bicyclic) bond motifs is 1. The molecular formula is C14H17N3OS. The summed E-state index contributed by atoms with van der Waals surface area (Å²) in [6.45, 7) is 4.37. The number of nitrogens with two attached hydrogens (primary N) is 1. The molecule has 0 aromatic carbocycles. The lowest BCUT2D eigenvalue weighted by atomic mass is 10.2. The van der Waals surface area contributed by atoms with Crippen LogP contribution in [0.1, 0.15) is 22.5 Å². The molecule has 0 aliphatic heterocycles. The molecule has 5 heteroatoms. The summed E-state index contributed by atoms with van der Waals surface area (Å²) in [6, 6.07) is 3.78. The van der Waals surface area contributed by atoms with Crippen LogP contribution < -0.4 is 5.73 Å². The lowest BCUT2D eigenvalue weighted by molar-refractivity contribution is 0.0799. The van der Waals surface area contributed by atoms with E-state index in [0.29, 0.717) is 17.1 Å². The fourth-order valence-corrected chi connectivity index (χ4v) is 2.93. The lowest BCUT2D eigenvalue weighted by Crippen LogP contribution is -2.27. The van der Waals surface area contributed by atoms with Gasteiger partial charge >= 0.3 is 0 Å². The van der Waals surface area contributed by atoms with Gasteiger partial charge in [-0.2, -0.15) is 0 Å². The number of pyridine rings is 1. The van der Waals surface area contributed by atoms with Crippen molar-refractivity contribution in [1.29, 1.82) is 0 Å². The highest BCUT2D eigenvalue weighted by molar-refractivity contribution is 7.21. The first-order valence-electron chi connectivity index (χ1n) is 6.14. The first-order valence-corrected chi connectivity index (χ1v) is 6.96. The van der Waals surface area contributed by atoms with Crippen molar-refractivity contribution in [3.05, 3.63) is 35.9 Å². The third-order valence-electron chi connectivity index (χ3n) is 2.93. The Bertz CT molecular complexity index is 606. The minimum Gasteiger partial charge on any atom is -0.396 e. The van der Waals surface area contributed by atoms with Gasteiger partial charge in [0.1, 0.15) is 10.4 Å². The SMILES string of the molecule is C=CCCCN(C)C(=O)c1sc2cccnc2c1N. The van der Waals surface area contributed by atoms with Crippen LogP contribution in [0.4, 0.5) is 5.69 Å². The highest BCUT2D eigenvalue weighted by atomic mass is 32.1. The average molecular weight is 275 g/mol. The van der Waals surface area contributed by atoms with Crippen molar-refractivity contribution in [2.75, 3.05) is 19.3 Å². The van der Waals surface area contributed by atoms with E-state index in [9.17, 15) is 4.79 Å². The Hall–Kier alpha value is -1.88. The number of rotatable bonds is 5. The van der Waals surface area contributed by atoms with Gasteiger partial charge < -0.3 is 10.6 Å². The second-order valence-electron chi connectivity index (χ2n) is 4.35. The number of aromatic nitrogens is 1. The maximum absolute atomic E-state index is 12.3. The van der Waals surface area contributed by atoms with Crippen LogP contribution in [0.25, 0.3) is 10.2 Å². The van der Waals surface area contributed by atoms with Crippen molar-refractivity contribution < 1.29 is 4.79 Å². The number of anilines is 1. The molecule has 0 aliphatic rings. The van der Waals surface area contributed by atoms with Crippen molar-refractivity contribution >= 4 is 33.1 Å². The first kappa shape index (κ1) is 13.5. The van der Waals surface area contributed by atoms with E-state index < -0.39 is 0 Å². The second-order valence-corrected chi connectivity index (χ2v) is 5.40. The van der Waals surface area contributed by atoms with E-state index in [2.05, 4.69) is 11.6 Å². The number of allylic oxidation sites excluding steroid dienone is 1. The van der Waals surface area contributed by atoms with E-state index in [-0.39, 0.29) is 5.91 Å². The first-order chi connectivity index (χ1) is 9.15. The molecule has 0 spiro atoms. The quantitative estimate of drug-likeness (QED) is 0.674. The normalized spacial score (nSPS) is 10.6. The zero-order valence-electron chi connectivity index (χ0n) is 10.9. The van der Waals surface area contributed by atoms with Gasteiger partial charge in [-0.1, -0.05) is 6.08 Å². The smallest absolute Gasteiger partial charge is 0.265 e. The summed E-state index contributed by atoms with van der Waals surface area (Å²) in [6.07, 6.45) is 5.36. The predicted octanol–water partition coefficient (Wildman–Crippen LogP) is 2.92. The van der Waals surface area contributed by atoms with E-state index in [4.69, 9.17) is 5.73 Å². The Labute approximate surface area is 116 Å². The number of hydrogen-bond acceptors (Lipinski definition) is 4. The van der Waals surface area contributed by atoms with Crippen LogP contribution in [0.5, 0.6) is 0 Å². The summed E-state index contributed by atoms with van der Waals surface area (Å²) in [7, 11) is 1.79. The van der Waals surface area contributed by atoms with Crippen molar-refractivity contribution in [2.24, 2.45) is 0 Å². The van der Waals surface area contributed by atoms with Crippen molar-refractivity contribution in [3.63, 3.8) is 0 Å². The number of hydrogen-bond donors (Lipinski definition) is 1. The Kier molecular flexibility index (Phi) is 4.16. The van der Waals surface area contributed by atoms with E-state index in [1.54, 1.807) is 18.1 Å². The number of amides is 1. The Morgan fingerprint density at radius 1 is 1.63 bits per heavy atom. The number of carbonyl (C=O) groups excluding carboxylic acids is 1. The molecule has 0 saturated carbocycles. The Morgan fingerprint density at radius 2 is 2.42 bits per heavy atom. The molecule has 2 rings (SSSR count). The maximum Gasteiger partial charge on any atom is 0.265 e. The number of nitrogens with zero attached hydrogens (tertiary/aromatic N) is 2. The van der Waals surface area contributed by atoms with Crippen LogP contribution in [0.2, 0.25) is 0 Å². The van der Waals surface area contributed by atoms with Crippen LogP contribution in [-0.2, 0) is 0 Å². The predicted molar refractivity (Wildman–Crippen MR) is 80.4 cm³/mol. The minimum absolute atomic E-state index is 0.0374. The van der Waals surface area contributed by atoms with Gasteiger partial charge in [-0.3, -0.25) is 9.78 Å². The van der Waals surface area contributed by atoms with Crippen molar-refractivity contribution in [1.82, 2.24) is 9.88 Å². The molecule has 0 bridgehead atoms. The Morgan fingerprint density at radius 3 is 3.11 bits per heavy atom. The number of carbonyl (C=O) groups is 1. The van der Waals surface area contributed by atoms with Crippen LogP contribution in [-0.4, -0.2) is 29.4 Å². The van der Waals surface area contributed by atoms with Crippen molar-refractivity contribution in [2.45, 2.75) is 12.8 Å².